The topological polar surface area (TPSA) is 84.7 Å². The molecule has 136 valence electrons. The number of rotatable bonds is 4. The van der Waals surface area contributed by atoms with Crippen LogP contribution in [0, 0.1) is 10.1 Å². The second kappa shape index (κ2) is 7.72. The summed E-state index contributed by atoms with van der Waals surface area (Å²) in [6.45, 7) is 1.68. The smallest absolute Gasteiger partial charge is 0.271 e. The molecule has 1 atom stereocenters. The number of nitro benzene ring substituents is 1. The number of para-hydroxylation sites is 1. The lowest BCUT2D eigenvalue weighted by Crippen LogP contribution is -2.48. The third-order valence-electron chi connectivity index (χ3n) is 4.34. The molecular weight excluding hydrogens is 358 g/mol. The first-order chi connectivity index (χ1) is 12.5. The van der Waals surface area contributed by atoms with E-state index >= 15 is 0 Å². The van der Waals surface area contributed by atoms with Gasteiger partial charge in [-0.15, -0.1) is 0 Å². The molecule has 3 rings (SSSR count). The van der Waals surface area contributed by atoms with Crippen LogP contribution in [0.2, 0.25) is 5.02 Å². The number of nitro groups is 1. The van der Waals surface area contributed by atoms with Crippen LogP contribution in [0.15, 0.2) is 42.5 Å². The second-order valence-corrected chi connectivity index (χ2v) is 6.35. The third kappa shape index (κ3) is 3.63. The van der Waals surface area contributed by atoms with Gasteiger partial charge in [0.25, 0.3) is 11.6 Å². The fourth-order valence-corrected chi connectivity index (χ4v) is 3.37. The number of hydrogen-bond acceptors (Lipinski definition) is 5. The molecule has 1 fully saturated rings. The maximum absolute atomic E-state index is 13.1. The van der Waals surface area contributed by atoms with E-state index in [1.54, 1.807) is 12.0 Å². The zero-order valence-corrected chi connectivity index (χ0v) is 14.9. The summed E-state index contributed by atoms with van der Waals surface area (Å²) in [7, 11) is 1.58. The highest BCUT2D eigenvalue weighted by molar-refractivity contribution is 6.31. The summed E-state index contributed by atoms with van der Waals surface area (Å²) in [4.78, 5) is 25.3. The average Bonchev–Trinajstić information content (AvgIpc) is 2.66. The fraction of sp³-hybridized carbons (Fsp3) is 0.278. The first-order valence-corrected chi connectivity index (χ1v) is 8.48. The standard InChI is InChI=1S/C18H18ClN3O4/c1-26-17-5-3-2-4-15(17)16-11-20-6-7-21(16)18(23)12-8-13(19)10-14(9-12)22(24)25/h2-5,8-10,16,20H,6-7,11H2,1H3. The summed E-state index contributed by atoms with van der Waals surface area (Å²) in [6.07, 6.45) is 0. The molecule has 1 aliphatic rings. The lowest BCUT2D eigenvalue weighted by Gasteiger charge is -2.37. The van der Waals surface area contributed by atoms with Crippen molar-refractivity contribution in [3.05, 3.63) is 68.7 Å². The van der Waals surface area contributed by atoms with Crippen LogP contribution < -0.4 is 10.1 Å². The van der Waals surface area contributed by atoms with Gasteiger partial charge in [-0.25, -0.2) is 0 Å². The predicted molar refractivity (Wildman–Crippen MR) is 97.7 cm³/mol. The number of halogens is 1. The third-order valence-corrected chi connectivity index (χ3v) is 4.56. The zero-order valence-electron chi connectivity index (χ0n) is 14.1. The molecule has 1 amide bonds. The molecule has 0 radical (unpaired) electrons. The van der Waals surface area contributed by atoms with E-state index in [0.29, 0.717) is 25.4 Å². The Labute approximate surface area is 155 Å². The Morgan fingerprint density at radius 3 is 2.85 bits per heavy atom. The van der Waals surface area contributed by atoms with E-state index in [1.807, 2.05) is 24.3 Å². The first-order valence-electron chi connectivity index (χ1n) is 8.11. The van der Waals surface area contributed by atoms with Crippen LogP contribution in [0.5, 0.6) is 5.75 Å². The molecule has 0 bridgehead atoms. The molecule has 8 heteroatoms. The maximum Gasteiger partial charge on any atom is 0.271 e. The lowest BCUT2D eigenvalue weighted by molar-refractivity contribution is -0.384. The molecule has 1 saturated heterocycles. The number of amides is 1. The maximum atomic E-state index is 13.1. The summed E-state index contributed by atoms with van der Waals surface area (Å²) in [5, 5.41) is 14.5. The van der Waals surface area contributed by atoms with Crippen LogP contribution in [0.25, 0.3) is 0 Å². The van der Waals surface area contributed by atoms with E-state index in [1.165, 1.54) is 18.2 Å². The molecule has 1 heterocycles. The quantitative estimate of drug-likeness (QED) is 0.655. The summed E-state index contributed by atoms with van der Waals surface area (Å²) >= 11 is 5.97. The molecule has 1 N–H and O–H groups in total. The minimum atomic E-state index is -0.557. The highest BCUT2D eigenvalue weighted by Gasteiger charge is 2.31. The Balaban J connectivity index is 1.98. The highest BCUT2D eigenvalue weighted by atomic mass is 35.5. The second-order valence-electron chi connectivity index (χ2n) is 5.92. The number of nitrogens with zero attached hydrogens (tertiary/aromatic N) is 2. The van der Waals surface area contributed by atoms with Gasteiger partial charge < -0.3 is 15.0 Å². The van der Waals surface area contributed by atoms with Gasteiger partial charge in [-0.3, -0.25) is 14.9 Å². The molecule has 1 unspecified atom stereocenters. The molecule has 2 aromatic rings. The number of non-ortho nitro benzene ring substituents is 1. The minimum Gasteiger partial charge on any atom is -0.496 e. The molecule has 0 aliphatic carbocycles. The number of benzene rings is 2. The van der Waals surface area contributed by atoms with Gasteiger partial charge in [0.1, 0.15) is 5.75 Å². The van der Waals surface area contributed by atoms with E-state index < -0.39 is 4.92 Å². The van der Waals surface area contributed by atoms with Crippen molar-refractivity contribution in [2.45, 2.75) is 6.04 Å². The summed E-state index contributed by atoms with van der Waals surface area (Å²) in [5.41, 5.74) is 0.878. The van der Waals surface area contributed by atoms with Gasteiger partial charge in [-0.1, -0.05) is 29.8 Å². The van der Waals surface area contributed by atoms with Crippen molar-refractivity contribution in [1.29, 1.82) is 0 Å². The van der Waals surface area contributed by atoms with E-state index in [2.05, 4.69) is 5.32 Å². The van der Waals surface area contributed by atoms with Gasteiger partial charge >= 0.3 is 0 Å². The molecule has 0 aromatic heterocycles. The Hall–Kier alpha value is -2.64. The van der Waals surface area contributed by atoms with E-state index in [4.69, 9.17) is 16.3 Å². The molecule has 1 aliphatic heterocycles. The number of methoxy groups -OCH3 is 1. The molecule has 7 nitrogen and oxygen atoms in total. The normalized spacial score (nSPS) is 17.0. The highest BCUT2D eigenvalue weighted by Crippen LogP contribution is 2.32. The number of ether oxygens (including phenoxy) is 1. The number of carbonyl (C=O) groups excluding carboxylic acids is 1. The largest absolute Gasteiger partial charge is 0.496 e. The number of carbonyl (C=O) groups is 1. The van der Waals surface area contributed by atoms with Crippen molar-refractivity contribution in [3.8, 4) is 5.75 Å². The molecular formula is C18H18ClN3O4. The van der Waals surface area contributed by atoms with E-state index in [-0.39, 0.29) is 28.2 Å². The van der Waals surface area contributed by atoms with Crippen LogP contribution in [-0.4, -0.2) is 42.5 Å². The van der Waals surface area contributed by atoms with Gasteiger partial charge in [-0.05, 0) is 12.1 Å². The van der Waals surface area contributed by atoms with Crippen molar-refractivity contribution in [2.24, 2.45) is 0 Å². The van der Waals surface area contributed by atoms with Gasteiger partial charge in [0.2, 0.25) is 0 Å². The molecule has 26 heavy (non-hydrogen) atoms. The Morgan fingerprint density at radius 2 is 2.12 bits per heavy atom. The van der Waals surface area contributed by atoms with Crippen molar-refractivity contribution in [3.63, 3.8) is 0 Å². The Kier molecular flexibility index (Phi) is 5.39. The first kappa shape index (κ1) is 18.2. The van der Waals surface area contributed by atoms with Gasteiger partial charge in [-0.2, -0.15) is 0 Å². The number of piperazine rings is 1. The Bertz CT molecular complexity index is 843. The number of nitrogens with one attached hydrogen (secondary N) is 1. The van der Waals surface area contributed by atoms with Crippen LogP contribution in [0.4, 0.5) is 5.69 Å². The number of hydrogen-bond donors (Lipinski definition) is 1. The summed E-state index contributed by atoms with van der Waals surface area (Å²) in [5.74, 6) is 0.393. The van der Waals surface area contributed by atoms with Crippen molar-refractivity contribution < 1.29 is 14.5 Å². The molecule has 0 saturated carbocycles. The monoisotopic (exact) mass is 375 g/mol. The van der Waals surface area contributed by atoms with Gasteiger partial charge in [0.05, 0.1) is 18.1 Å². The Morgan fingerprint density at radius 1 is 1.35 bits per heavy atom. The minimum absolute atomic E-state index is 0.159. The predicted octanol–water partition coefficient (Wildman–Crippen LogP) is 3.04. The van der Waals surface area contributed by atoms with Crippen LogP contribution >= 0.6 is 11.6 Å². The van der Waals surface area contributed by atoms with Crippen molar-refractivity contribution in [1.82, 2.24) is 10.2 Å². The van der Waals surface area contributed by atoms with Crippen LogP contribution in [0.3, 0.4) is 0 Å². The average molecular weight is 376 g/mol. The van der Waals surface area contributed by atoms with Crippen molar-refractivity contribution in [2.75, 3.05) is 26.7 Å². The van der Waals surface area contributed by atoms with E-state index in [9.17, 15) is 14.9 Å². The van der Waals surface area contributed by atoms with Crippen LogP contribution in [0.1, 0.15) is 22.0 Å². The van der Waals surface area contributed by atoms with Gasteiger partial charge in [0, 0.05) is 47.9 Å². The van der Waals surface area contributed by atoms with Crippen molar-refractivity contribution >= 4 is 23.2 Å². The lowest BCUT2D eigenvalue weighted by atomic mass is 10.0. The SMILES string of the molecule is COc1ccccc1C1CNCCN1C(=O)c1cc(Cl)cc([N+](=O)[O-])c1. The molecule has 2 aromatic carbocycles. The van der Waals surface area contributed by atoms with Crippen LogP contribution in [-0.2, 0) is 0 Å². The zero-order chi connectivity index (χ0) is 18.7. The fourth-order valence-electron chi connectivity index (χ4n) is 3.14. The molecule has 0 spiro atoms. The van der Waals surface area contributed by atoms with E-state index in [0.717, 1.165) is 5.56 Å². The summed E-state index contributed by atoms with van der Waals surface area (Å²) in [6, 6.07) is 11.2. The summed E-state index contributed by atoms with van der Waals surface area (Å²) < 4.78 is 5.43. The van der Waals surface area contributed by atoms with Gasteiger partial charge in [0.15, 0.2) is 0 Å².